The van der Waals surface area contributed by atoms with Crippen LogP contribution in [0.2, 0.25) is 0 Å². The first-order valence-electron chi connectivity index (χ1n) is 8.22. The Morgan fingerprint density at radius 1 is 1.15 bits per heavy atom. The molecule has 1 heterocycles. The van der Waals surface area contributed by atoms with Crippen LogP contribution in [0.25, 0.3) is 0 Å². The standard InChI is InChI=1S/C19H18N2O5S/c1-25-14-8-4-2-6-12(14)20-17(22)11-26-18(23)10-16-19(24)21-13-7-3-5-9-15(13)27-16/h2-9,16H,10-11H2,1H3,(H,20,22)(H,21,24)/t16-/m1/s1. The van der Waals surface area contributed by atoms with Crippen LogP contribution in [0.4, 0.5) is 11.4 Å². The molecule has 0 aliphatic carbocycles. The number of carbonyl (C=O) groups is 3. The summed E-state index contributed by atoms with van der Waals surface area (Å²) in [6.45, 7) is -0.438. The molecule has 27 heavy (non-hydrogen) atoms. The number of anilines is 2. The molecule has 1 aliphatic heterocycles. The zero-order valence-electron chi connectivity index (χ0n) is 14.6. The maximum absolute atomic E-state index is 12.1. The van der Waals surface area contributed by atoms with Crippen molar-refractivity contribution in [2.75, 3.05) is 24.4 Å². The number of rotatable bonds is 6. The summed E-state index contributed by atoms with van der Waals surface area (Å²) in [7, 11) is 1.50. The van der Waals surface area contributed by atoms with Gasteiger partial charge in [0.1, 0.15) is 5.75 Å². The second-order valence-corrected chi connectivity index (χ2v) is 6.95. The molecule has 0 bridgehead atoms. The molecule has 0 aromatic heterocycles. The first kappa shape index (κ1) is 18.8. The highest BCUT2D eigenvalue weighted by atomic mass is 32.2. The maximum atomic E-state index is 12.1. The number of hydrogen-bond acceptors (Lipinski definition) is 6. The summed E-state index contributed by atoms with van der Waals surface area (Å²) in [5.41, 5.74) is 1.22. The molecular formula is C19H18N2O5S. The summed E-state index contributed by atoms with van der Waals surface area (Å²) in [6.07, 6.45) is -0.118. The van der Waals surface area contributed by atoms with Crippen LogP contribution >= 0.6 is 11.8 Å². The van der Waals surface area contributed by atoms with E-state index in [9.17, 15) is 14.4 Å². The van der Waals surface area contributed by atoms with Gasteiger partial charge in [-0.05, 0) is 24.3 Å². The lowest BCUT2D eigenvalue weighted by atomic mass is 10.2. The van der Waals surface area contributed by atoms with Crippen LogP contribution in [0.15, 0.2) is 53.4 Å². The van der Waals surface area contributed by atoms with E-state index in [1.165, 1.54) is 18.9 Å². The van der Waals surface area contributed by atoms with E-state index in [1.54, 1.807) is 30.3 Å². The molecule has 0 spiro atoms. The van der Waals surface area contributed by atoms with Crippen molar-refractivity contribution in [1.82, 2.24) is 0 Å². The zero-order chi connectivity index (χ0) is 19.2. The van der Waals surface area contributed by atoms with Crippen LogP contribution in [-0.2, 0) is 19.1 Å². The minimum atomic E-state index is -0.614. The van der Waals surface area contributed by atoms with E-state index < -0.39 is 23.7 Å². The Bertz CT molecular complexity index is 871. The van der Waals surface area contributed by atoms with Gasteiger partial charge >= 0.3 is 5.97 Å². The van der Waals surface area contributed by atoms with Gasteiger partial charge in [0.25, 0.3) is 5.91 Å². The molecule has 1 atom stereocenters. The van der Waals surface area contributed by atoms with E-state index in [1.807, 2.05) is 18.2 Å². The normalized spacial score (nSPS) is 15.3. The topological polar surface area (TPSA) is 93.7 Å². The number of carbonyl (C=O) groups excluding carboxylic acids is 3. The molecule has 0 saturated heterocycles. The van der Waals surface area contributed by atoms with Crippen molar-refractivity contribution in [3.8, 4) is 5.75 Å². The quantitative estimate of drug-likeness (QED) is 0.742. The summed E-state index contributed by atoms with van der Waals surface area (Å²) in [5.74, 6) is -0.851. The van der Waals surface area contributed by atoms with Crippen LogP contribution in [-0.4, -0.2) is 36.8 Å². The molecule has 140 valence electrons. The van der Waals surface area contributed by atoms with Crippen LogP contribution in [0, 0.1) is 0 Å². The average molecular weight is 386 g/mol. The Labute approximate surface area is 160 Å². The van der Waals surface area contributed by atoms with Gasteiger partial charge in [0.2, 0.25) is 5.91 Å². The van der Waals surface area contributed by atoms with E-state index >= 15 is 0 Å². The van der Waals surface area contributed by atoms with Crippen molar-refractivity contribution in [3.63, 3.8) is 0 Å². The lowest BCUT2D eigenvalue weighted by Crippen LogP contribution is -2.32. The number of nitrogens with one attached hydrogen (secondary N) is 2. The Morgan fingerprint density at radius 3 is 2.70 bits per heavy atom. The van der Waals surface area contributed by atoms with Gasteiger partial charge in [0.05, 0.1) is 30.2 Å². The lowest BCUT2D eigenvalue weighted by Gasteiger charge is -2.23. The van der Waals surface area contributed by atoms with Crippen LogP contribution < -0.4 is 15.4 Å². The molecule has 2 aromatic carbocycles. The van der Waals surface area contributed by atoms with E-state index in [4.69, 9.17) is 9.47 Å². The first-order chi connectivity index (χ1) is 13.1. The fraction of sp³-hybridized carbons (Fsp3) is 0.211. The van der Waals surface area contributed by atoms with Gasteiger partial charge in [-0.3, -0.25) is 14.4 Å². The molecule has 8 heteroatoms. The highest BCUT2D eigenvalue weighted by Crippen LogP contribution is 2.36. The molecule has 0 unspecified atom stereocenters. The summed E-state index contributed by atoms with van der Waals surface area (Å²) < 4.78 is 10.1. The average Bonchev–Trinajstić information content (AvgIpc) is 2.67. The number of esters is 1. The zero-order valence-corrected chi connectivity index (χ0v) is 15.4. The first-order valence-corrected chi connectivity index (χ1v) is 9.10. The van der Waals surface area contributed by atoms with Crippen molar-refractivity contribution >= 4 is 40.9 Å². The Morgan fingerprint density at radius 2 is 1.89 bits per heavy atom. The molecule has 2 amide bonds. The molecular weight excluding hydrogens is 368 g/mol. The monoisotopic (exact) mass is 386 g/mol. The van der Waals surface area contributed by atoms with Crippen LogP contribution in [0.3, 0.4) is 0 Å². The summed E-state index contributed by atoms with van der Waals surface area (Å²) in [5, 5.41) is 4.79. The van der Waals surface area contributed by atoms with Gasteiger partial charge in [-0.25, -0.2) is 0 Å². The van der Waals surface area contributed by atoms with Crippen molar-refractivity contribution in [3.05, 3.63) is 48.5 Å². The largest absolute Gasteiger partial charge is 0.495 e. The Hall–Kier alpha value is -3.00. The molecule has 0 radical (unpaired) electrons. The van der Waals surface area contributed by atoms with Crippen molar-refractivity contribution in [2.45, 2.75) is 16.6 Å². The molecule has 7 nitrogen and oxygen atoms in total. The second kappa shape index (κ2) is 8.59. The van der Waals surface area contributed by atoms with E-state index in [-0.39, 0.29) is 12.3 Å². The van der Waals surface area contributed by atoms with Crippen LogP contribution in [0.5, 0.6) is 5.75 Å². The SMILES string of the molecule is COc1ccccc1NC(=O)COC(=O)C[C@H]1Sc2ccccc2NC1=O. The molecule has 2 aromatic rings. The van der Waals surface area contributed by atoms with Gasteiger partial charge in [-0.15, -0.1) is 11.8 Å². The van der Waals surface area contributed by atoms with E-state index in [0.29, 0.717) is 11.4 Å². The third kappa shape index (κ3) is 4.79. The molecule has 3 rings (SSSR count). The fourth-order valence-electron chi connectivity index (χ4n) is 2.52. The number of amides is 2. The minimum absolute atomic E-state index is 0.118. The maximum Gasteiger partial charge on any atom is 0.307 e. The third-order valence-electron chi connectivity index (χ3n) is 3.80. The van der Waals surface area contributed by atoms with E-state index in [2.05, 4.69) is 10.6 Å². The lowest BCUT2D eigenvalue weighted by molar-refractivity contribution is -0.147. The minimum Gasteiger partial charge on any atom is -0.495 e. The second-order valence-electron chi connectivity index (χ2n) is 5.71. The molecule has 0 fully saturated rings. The van der Waals surface area contributed by atoms with E-state index in [0.717, 1.165) is 10.6 Å². The van der Waals surface area contributed by atoms with Gasteiger partial charge in [0, 0.05) is 4.90 Å². The molecule has 2 N–H and O–H groups in total. The number of ether oxygens (including phenoxy) is 2. The van der Waals surface area contributed by atoms with Gasteiger partial charge < -0.3 is 20.1 Å². The number of benzene rings is 2. The fourth-order valence-corrected chi connectivity index (χ4v) is 3.61. The van der Waals surface area contributed by atoms with Gasteiger partial charge in [0.15, 0.2) is 6.61 Å². The number of thioether (sulfide) groups is 1. The Balaban J connectivity index is 1.50. The highest BCUT2D eigenvalue weighted by molar-refractivity contribution is 8.01. The summed E-state index contributed by atoms with van der Waals surface area (Å²) in [6, 6.07) is 14.3. The summed E-state index contributed by atoms with van der Waals surface area (Å²) in [4.78, 5) is 37.0. The number of para-hydroxylation sites is 3. The number of hydrogen-bond donors (Lipinski definition) is 2. The molecule has 0 saturated carbocycles. The Kier molecular flexibility index (Phi) is 5.97. The number of methoxy groups -OCH3 is 1. The molecule has 1 aliphatic rings. The van der Waals surface area contributed by atoms with Crippen molar-refractivity contribution in [2.24, 2.45) is 0 Å². The van der Waals surface area contributed by atoms with Crippen molar-refractivity contribution in [1.29, 1.82) is 0 Å². The number of fused-ring (bicyclic) bond motifs is 1. The smallest absolute Gasteiger partial charge is 0.307 e. The van der Waals surface area contributed by atoms with Crippen molar-refractivity contribution < 1.29 is 23.9 Å². The predicted molar refractivity (Wildman–Crippen MR) is 102 cm³/mol. The summed E-state index contributed by atoms with van der Waals surface area (Å²) >= 11 is 1.31. The highest BCUT2D eigenvalue weighted by Gasteiger charge is 2.29. The van der Waals surface area contributed by atoms with Crippen LogP contribution in [0.1, 0.15) is 6.42 Å². The third-order valence-corrected chi connectivity index (χ3v) is 5.08. The predicted octanol–water partition coefficient (Wildman–Crippen LogP) is 2.68. The van der Waals surface area contributed by atoms with Gasteiger partial charge in [-0.1, -0.05) is 24.3 Å². The van der Waals surface area contributed by atoms with Gasteiger partial charge in [-0.2, -0.15) is 0 Å².